The third-order valence-corrected chi connectivity index (χ3v) is 3.50. The van der Waals surface area contributed by atoms with E-state index in [9.17, 15) is 10.1 Å². The molecule has 0 unspecified atom stereocenters. The number of hydrogen-bond donors (Lipinski definition) is 1. The SMILES string of the molecule is CCc1cc(C(=O)NC(C#N)(CC)CC)n(CC)n1. The van der Waals surface area contributed by atoms with Crippen molar-refractivity contribution in [1.82, 2.24) is 15.1 Å². The minimum absolute atomic E-state index is 0.223. The van der Waals surface area contributed by atoms with Crippen molar-refractivity contribution in [1.29, 1.82) is 5.26 Å². The van der Waals surface area contributed by atoms with Gasteiger partial charge in [-0.05, 0) is 32.3 Å². The molecule has 104 valence electrons. The van der Waals surface area contributed by atoms with Crippen LogP contribution in [0, 0.1) is 11.3 Å². The third-order valence-electron chi connectivity index (χ3n) is 3.50. The molecule has 5 heteroatoms. The maximum Gasteiger partial charge on any atom is 0.270 e. The third kappa shape index (κ3) is 3.14. The molecule has 1 aromatic rings. The van der Waals surface area contributed by atoms with Gasteiger partial charge in [-0.3, -0.25) is 9.48 Å². The zero-order chi connectivity index (χ0) is 14.5. The Hall–Kier alpha value is -1.83. The molecule has 1 amide bonds. The summed E-state index contributed by atoms with van der Waals surface area (Å²) in [6, 6.07) is 4.01. The van der Waals surface area contributed by atoms with Crippen LogP contribution in [0.4, 0.5) is 0 Å². The van der Waals surface area contributed by atoms with E-state index in [-0.39, 0.29) is 5.91 Å². The summed E-state index contributed by atoms with van der Waals surface area (Å²) >= 11 is 0. The van der Waals surface area contributed by atoms with Crippen LogP contribution in [0.1, 0.15) is 56.7 Å². The first-order chi connectivity index (χ1) is 9.05. The first-order valence-electron chi connectivity index (χ1n) is 6.86. The Balaban J connectivity index is 3.01. The van der Waals surface area contributed by atoms with Crippen LogP contribution in [0.5, 0.6) is 0 Å². The molecule has 0 radical (unpaired) electrons. The lowest BCUT2D eigenvalue weighted by molar-refractivity contribution is 0.0904. The molecule has 0 bridgehead atoms. The first-order valence-corrected chi connectivity index (χ1v) is 6.86. The molecule has 0 aliphatic heterocycles. The quantitative estimate of drug-likeness (QED) is 0.855. The van der Waals surface area contributed by atoms with E-state index in [0.29, 0.717) is 25.1 Å². The van der Waals surface area contributed by atoms with Crippen molar-refractivity contribution in [3.8, 4) is 6.07 Å². The summed E-state index contributed by atoms with van der Waals surface area (Å²) in [5.74, 6) is -0.223. The molecular weight excluding hydrogens is 240 g/mol. The minimum atomic E-state index is -0.785. The summed E-state index contributed by atoms with van der Waals surface area (Å²) in [5.41, 5.74) is 0.634. The summed E-state index contributed by atoms with van der Waals surface area (Å²) in [7, 11) is 0. The smallest absolute Gasteiger partial charge is 0.270 e. The fourth-order valence-corrected chi connectivity index (χ4v) is 1.96. The van der Waals surface area contributed by atoms with E-state index in [2.05, 4.69) is 16.5 Å². The van der Waals surface area contributed by atoms with Crippen LogP contribution in [-0.2, 0) is 13.0 Å². The molecule has 0 fully saturated rings. The van der Waals surface area contributed by atoms with Gasteiger partial charge in [-0.15, -0.1) is 0 Å². The lowest BCUT2D eigenvalue weighted by Gasteiger charge is -2.24. The summed E-state index contributed by atoms with van der Waals surface area (Å²) in [6.07, 6.45) is 1.97. The second kappa shape index (κ2) is 6.37. The number of nitriles is 1. The number of amides is 1. The summed E-state index contributed by atoms with van der Waals surface area (Å²) in [6.45, 7) is 8.39. The number of nitrogens with one attached hydrogen (secondary N) is 1. The van der Waals surface area contributed by atoms with E-state index < -0.39 is 5.54 Å². The number of aromatic nitrogens is 2. The normalized spacial score (nSPS) is 11.1. The lowest BCUT2D eigenvalue weighted by Crippen LogP contribution is -2.47. The maximum atomic E-state index is 12.3. The van der Waals surface area contributed by atoms with Gasteiger partial charge in [0.25, 0.3) is 5.91 Å². The molecule has 0 atom stereocenters. The summed E-state index contributed by atoms with van der Waals surface area (Å²) in [4.78, 5) is 12.3. The van der Waals surface area contributed by atoms with Crippen molar-refractivity contribution in [3.63, 3.8) is 0 Å². The van der Waals surface area contributed by atoms with Crippen LogP contribution >= 0.6 is 0 Å². The van der Waals surface area contributed by atoms with E-state index in [1.54, 1.807) is 10.7 Å². The molecule has 0 spiro atoms. The number of nitrogens with zero attached hydrogens (tertiary/aromatic N) is 3. The molecule has 1 aromatic heterocycles. The zero-order valence-electron chi connectivity index (χ0n) is 12.2. The highest BCUT2D eigenvalue weighted by atomic mass is 16.2. The van der Waals surface area contributed by atoms with E-state index >= 15 is 0 Å². The fourth-order valence-electron chi connectivity index (χ4n) is 1.96. The fraction of sp³-hybridized carbons (Fsp3) is 0.643. The molecule has 1 heterocycles. The highest BCUT2D eigenvalue weighted by Crippen LogP contribution is 2.15. The van der Waals surface area contributed by atoms with E-state index in [1.807, 2.05) is 27.7 Å². The highest BCUT2D eigenvalue weighted by molar-refractivity contribution is 5.93. The van der Waals surface area contributed by atoms with E-state index in [4.69, 9.17) is 0 Å². The molecule has 0 saturated carbocycles. The van der Waals surface area contributed by atoms with Crippen molar-refractivity contribution in [2.75, 3.05) is 0 Å². The van der Waals surface area contributed by atoms with Gasteiger partial charge in [0.15, 0.2) is 0 Å². The molecule has 1 N–H and O–H groups in total. The molecule has 0 aliphatic rings. The van der Waals surface area contributed by atoms with Gasteiger partial charge in [-0.25, -0.2) is 0 Å². The Morgan fingerprint density at radius 1 is 1.42 bits per heavy atom. The number of carbonyl (C=O) groups excluding carboxylic acids is 1. The minimum Gasteiger partial charge on any atom is -0.332 e. The average Bonchev–Trinajstić information content (AvgIpc) is 2.88. The van der Waals surface area contributed by atoms with Gasteiger partial charge in [0, 0.05) is 6.54 Å². The van der Waals surface area contributed by atoms with Crippen LogP contribution in [0.15, 0.2) is 6.07 Å². The average molecular weight is 262 g/mol. The zero-order valence-corrected chi connectivity index (χ0v) is 12.2. The Morgan fingerprint density at radius 3 is 2.47 bits per heavy atom. The van der Waals surface area contributed by atoms with Crippen LogP contribution < -0.4 is 5.32 Å². The van der Waals surface area contributed by atoms with Crippen LogP contribution in [0.25, 0.3) is 0 Å². The van der Waals surface area contributed by atoms with E-state index in [0.717, 1.165) is 12.1 Å². The van der Waals surface area contributed by atoms with Gasteiger partial charge < -0.3 is 5.32 Å². The molecule has 0 aliphatic carbocycles. The van der Waals surface area contributed by atoms with E-state index in [1.165, 1.54) is 0 Å². The van der Waals surface area contributed by atoms with Gasteiger partial charge >= 0.3 is 0 Å². The number of hydrogen-bond acceptors (Lipinski definition) is 3. The van der Waals surface area contributed by atoms with Crippen molar-refractivity contribution in [3.05, 3.63) is 17.5 Å². The lowest BCUT2D eigenvalue weighted by atomic mass is 9.94. The van der Waals surface area contributed by atoms with Crippen molar-refractivity contribution in [2.45, 2.75) is 59.0 Å². The largest absolute Gasteiger partial charge is 0.332 e. The van der Waals surface area contributed by atoms with Crippen LogP contribution in [0.2, 0.25) is 0 Å². The predicted octanol–water partition coefficient (Wildman–Crippen LogP) is 2.28. The molecule has 0 saturated heterocycles. The molecule has 19 heavy (non-hydrogen) atoms. The Labute approximate surface area is 114 Å². The summed E-state index contributed by atoms with van der Waals surface area (Å²) < 4.78 is 1.68. The Morgan fingerprint density at radius 2 is 2.05 bits per heavy atom. The van der Waals surface area contributed by atoms with Crippen LogP contribution in [0.3, 0.4) is 0 Å². The monoisotopic (exact) mass is 262 g/mol. The van der Waals surface area contributed by atoms with Gasteiger partial charge in [-0.2, -0.15) is 10.4 Å². The molecule has 0 aromatic carbocycles. The van der Waals surface area contributed by atoms with Crippen molar-refractivity contribution >= 4 is 5.91 Å². The second-order valence-corrected chi connectivity index (χ2v) is 4.55. The van der Waals surface area contributed by atoms with Crippen molar-refractivity contribution < 1.29 is 4.79 Å². The maximum absolute atomic E-state index is 12.3. The number of aryl methyl sites for hydroxylation is 2. The molecule has 1 rings (SSSR count). The number of carbonyl (C=O) groups is 1. The second-order valence-electron chi connectivity index (χ2n) is 4.55. The first kappa shape index (κ1) is 15.2. The summed E-state index contributed by atoms with van der Waals surface area (Å²) in [5, 5.41) is 16.5. The topological polar surface area (TPSA) is 70.7 Å². The van der Waals surface area contributed by atoms with Gasteiger partial charge in [0.05, 0.1) is 11.8 Å². The highest BCUT2D eigenvalue weighted by Gasteiger charge is 2.29. The molecular formula is C14H22N4O. The Kier molecular flexibility index (Phi) is 5.11. The van der Waals surface area contributed by atoms with Crippen LogP contribution in [-0.4, -0.2) is 21.2 Å². The molecule has 5 nitrogen and oxygen atoms in total. The predicted molar refractivity (Wildman–Crippen MR) is 73.7 cm³/mol. The van der Waals surface area contributed by atoms with Gasteiger partial charge in [0.1, 0.15) is 11.2 Å². The van der Waals surface area contributed by atoms with Gasteiger partial charge in [-0.1, -0.05) is 20.8 Å². The van der Waals surface area contributed by atoms with Gasteiger partial charge in [0.2, 0.25) is 0 Å². The Bertz CT molecular complexity index is 480. The number of rotatable bonds is 6. The standard InChI is InChI=1S/C14H22N4O/c1-5-11-9-12(18(8-4)17-11)13(19)16-14(6-2,7-3)10-15/h9H,5-8H2,1-4H3,(H,16,19). The van der Waals surface area contributed by atoms with Crippen molar-refractivity contribution in [2.24, 2.45) is 0 Å².